The molecule has 4 rings (SSSR count). The smallest absolute Gasteiger partial charge is 0.346 e. The minimum atomic E-state index is -4.28. The zero-order valence-corrected chi connectivity index (χ0v) is 14.1. The van der Waals surface area contributed by atoms with Gasteiger partial charge in [-0.1, -0.05) is 18.2 Å². The summed E-state index contributed by atoms with van der Waals surface area (Å²) in [6.45, 7) is 2.31. The first kappa shape index (κ1) is 16.8. The molecule has 0 saturated heterocycles. The van der Waals surface area contributed by atoms with Crippen molar-refractivity contribution in [2.75, 3.05) is 13.1 Å². The molecule has 0 atom stereocenters. The molecule has 3 heterocycles. The van der Waals surface area contributed by atoms with Crippen LogP contribution in [0.4, 0.5) is 13.2 Å². The van der Waals surface area contributed by atoms with Crippen molar-refractivity contribution in [1.82, 2.24) is 14.9 Å². The number of nitrogens with zero attached hydrogens (tertiary/aromatic N) is 2. The van der Waals surface area contributed by atoms with E-state index >= 15 is 0 Å². The van der Waals surface area contributed by atoms with Crippen molar-refractivity contribution >= 4 is 16.6 Å². The maximum absolute atomic E-state index is 12.6. The molecule has 0 fully saturated rings. The minimum absolute atomic E-state index is 0.602. The molecule has 3 aromatic rings. The van der Waals surface area contributed by atoms with Crippen LogP contribution in [0.2, 0.25) is 0 Å². The molecule has 0 amide bonds. The summed E-state index contributed by atoms with van der Waals surface area (Å²) in [6, 6.07) is 9.42. The molecule has 0 radical (unpaired) electrons. The van der Waals surface area contributed by atoms with Crippen LogP contribution in [0, 0.1) is 0 Å². The van der Waals surface area contributed by atoms with Gasteiger partial charge in [0.2, 0.25) is 0 Å². The zero-order valence-electron chi connectivity index (χ0n) is 14.1. The first-order valence-electron chi connectivity index (χ1n) is 8.51. The number of hydrogen-bond donors (Lipinski definition) is 1. The molecule has 0 saturated carbocycles. The monoisotopic (exact) mass is 357 g/mol. The van der Waals surface area contributed by atoms with Gasteiger partial charge >= 0.3 is 6.18 Å². The van der Waals surface area contributed by atoms with Gasteiger partial charge in [0, 0.05) is 43.0 Å². The second kappa shape index (κ2) is 6.61. The number of aromatic amines is 1. The highest BCUT2D eigenvalue weighted by Crippen LogP contribution is 2.30. The predicted octanol–water partition coefficient (Wildman–Crippen LogP) is 4.87. The van der Waals surface area contributed by atoms with Gasteiger partial charge in [0.05, 0.1) is 5.56 Å². The maximum atomic E-state index is 12.6. The molecule has 0 spiro atoms. The Hall–Kier alpha value is -2.60. The summed E-state index contributed by atoms with van der Waals surface area (Å²) in [5, 5.41) is 1.12. The molecular weight excluding hydrogens is 339 g/mol. The number of aromatic nitrogens is 2. The number of halogens is 3. The normalized spacial score (nSPS) is 16.0. The maximum Gasteiger partial charge on any atom is 0.416 e. The number of fused-ring (bicyclic) bond motifs is 1. The van der Waals surface area contributed by atoms with Gasteiger partial charge in [-0.05, 0) is 41.8 Å². The fraction of sp³-hybridized carbons (Fsp3) is 0.250. The molecule has 1 N–H and O–H groups in total. The lowest BCUT2D eigenvalue weighted by Gasteiger charge is -2.26. The fourth-order valence-electron chi connectivity index (χ4n) is 3.38. The third kappa shape index (κ3) is 3.37. The molecule has 0 aliphatic carbocycles. The van der Waals surface area contributed by atoms with E-state index in [2.05, 4.69) is 27.0 Å². The number of alkyl halides is 3. The van der Waals surface area contributed by atoms with E-state index in [1.165, 1.54) is 11.1 Å². The second-order valence-corrected chi connectivity index (χ2v) is 6.51. The molecule has 0 unspecified atom stereocenters. The Morgan fingerprint density at radius 1 is 1.12 bits per heavy atom. The summed E-state index contributed by atoms with van der Waals surface area (Å²) in [7, 11) is 0. The van der Waals surface area contributed by atoms with E-state index in [0.29, 0.717) is 6.54 Å². The van der Waals surface area contributed by atoms with Crippen LogP contribution in [-0.4, -0.2) is 28.0 Å². The highest BCUT2D eigenvalue weighted by atomic mass is 19.4. The molecule has 1 aliphatic rings. The molecule has 6 heteroatoms. The van der Waals surface area contributed by atoms with Crippen LogP contribution < -0.4 is 0 Å². The van der Waals surface area contributed by atoms with Gasteiger partial charge < -0.3 is 4.98 Å². The van der Waals surface area contributed by atoms with Crippen molar-refractivity contribution in [3.05, 3.63) is 71.6 Å². The van der Waals surface area contributed by atoms with Crippen LogP contribution in [0.3, 0.4) is 0 Å². The Morgan fingerprint density at radius 3 is 2.62 bits per heavy atom. The molecular formula is C20H18F3N3. The van der Waals surface area contributed by atoms with E-state index in [1.807, 2.05) is 12.3 Å². The quantitative estimate of drug-likeness (QED) is 0.725. The Kier molecular flexibility index (Phi) is 4.28. The summed E-state index contributed by atoms with van der Waals surface area (Å²) < 4.78 is 37.9. The average molecular weight is 357 g/mol. The van der Waals surface area contributed by atoms with Crippen molar-refractivity contribution in [2.45, 2.75) is 19.1 Å². The molecule has 1 aliphatic heterocycles. The summed E-state index contributed by atoms with van der Waals surface area (Å²) in [6.07, 6.45) is 2.58. The van der Waals surface area contributed by atoms with Crippen LogP contribution in [0.5, 0.6) is 0 Å². The average Bonchev–Trinajstić information content (AvgIpc) is 3.06. The van der Waals surface area contributed by atoms with Crippen molar-refractivity contribution in [3.63, 3.8) is 0 Å². The number of hydrogen-bond acceptors (Lipinski definition) is 2. The van der Waals surface area contributed by atoms with Gasteiger partial charge in [-0.2, -0.15) is 13.2 Å². The first-order valence-corrected chi connectivity index (χ1v) is 8.51. The van der Waals surface area contributed by atoms with Gasteiger partial charge in [0.25, 0.3) is 0 Å². The minimum Gasteiger partial charge on any atom is -0.346 e. The number of H-pyrrole nitrogens is 1. The Bertz CT molecular complexity index is 939. The molecule has 2 aromatic heterocycles. The van der Waals surface area contributed by atoms with Crippen LogP contribution in [0.25, 0.3) is 16.6 Å². The van der Waals surface area contributed by atoms with Crippen molar-refractivity contribution in [1.29, 1.82) is 0 Å². The van der Waals surface area contributed by atoms with E-state index in [9.17, 15) is 13.2 Å². The number of rotatable bonds is 3. The third-order valence-corrected chi connectivity index (χ3v) is 4.78. The van der Waals surface area contributed by atoms with Crippen LogP contribution in [0.15, 0.2) is 54.9 Å². The Morgan fingerprint density at radius 2 is 1.92 bits per heavy atom. The fourth-order valence-corrected chi connectivity index (χ4v) is 3.38. The summed E-state index contributed by atoms with van der Waals surface area (Å²) in [5.74, 6) is 0. The summed E-state index contributed by atoms with van der Waals surface area (Å²) >= 11 is 0. The number of benzene rings is 1. The van der Waals surface area contributed by atoms with Gasteiger partial charge in [-0.25, -0.2) is 4.98 Å². The summed E-state index contributed by atoms with van der Waals surface area (Å²) in [4.78, 5) is 9.75. The molecule has 26 heavy (non-hydrogen) atoms. The lowest BCUT2D eigenvalue weighted by molar-refractivity contribution is -0.137. The van der Waals surface area contributed by atoms with Crippen LogP contribution >= 0.6 is 0 Å². The van der Waals surface area contributed by atoms with Gasteiger partial charge in [-0.15, -0.1) is 0 Å². The van der Waals surface area contributed by atoms with Crippen molar-refractivity contribution < 1.29 is 13.2 Å². The van der Waals surface area contributed by atoms with E-state index in [-0.39, 0.29) is 0 Å². The van der Waals surface area contributed by atoms with Crippen molar-refractivity contribution in [2.24, 2.45) is 0 Å². The van der Waals surface area contributed by atoms with E-state index in [1.54, 1.807) is 18.3 Å². The third-order valence-electron chi connectivity index (χ3n) is 4.78. The molecule has 1 aromatic carbocycles. The molecule has 3 nitrogen and oxygen atoms in total. The zero-order chi connectivity index (χ0) is 18.1. The van der Waals surface area contributed by atoms with Gasteiger partial charge in [0.15, 0.2) is 0 Å². The lowest BCUT2D eigenvalue weighted by Crippen LogP contribution is -2.28. The number of pyridine rings is 1. The van der Waals surface area contributed by atoms with Crippen LogP contribution in [-0.2, 0) is 12.7 Å². The van der Waals surface area contributed by atoms with Gasteiger partial charge in [0.1, 0.15) is 5.65 Å². The highest BCUT2D eigenvalue weighted by Gasteiger charge is 2.30. The van der Waals surface area contributed by atoms with Gasteiger partial charge in [-0.3, -0.25) is 4.90 Å². The molecule has 0 bridgehead atoms. The summed E-state index contributed by atoms with van der Waals surface area (Å²) in [5.41, 5.74) is 3.65. The van der Waals surface area contributed by atoms with E-state index in [0.717, 1.165) is 48.2 Å². The first-order chi connectivity index (χ1) is 12.5. The molecule has 134 valence electrons. The Balaban J connectivity index is 1.44. The largest absolute Gasteiger partial charge is 0.416 e. The predicted molar refractivity (Wildman–Crippen MR) is 95.4 cm³/mol. The van der Waals surface area contributed by atoms with Crippen molar-refractivity contribution in [3.8, 4) is 0 Å². The van der Waals surface area contributed by atoms with Crippen LogP contribution in [0.1, 0.15) is 23.1 Å². The van der Waals surface area contributed by atoms with E-state index in [4.69, 9.17) is 0 Å². The number of nitrogens with one attached hydrogen (secondary N) is 1. The highest BCUT2D eigenvalue weighted by molar-refractivity contribution is 5.90. The van der Waals surface area contributed by atoms with E-state index < -0.39 is 11.7 Å². The second-order valence-electron chi connectivity index (χ2n) is 6.51. The standard InChI is InChI=1S/C20H18F3N3/c21-20(22,23)16-5-3-14(4-6-16)13-26-10-7-15(8-11-26)18-12-25-19-17(18)2-1-9-24-19/h1-7,9,12H,8,10-11,13H2,(H,24,25). The topological polar surface area (TPSA) is 31.9 Å². The lowest BCUT2D eigenvalue weighted by atomic mass is 9.99. The SMILES string of the molecule is FC(F)(F)c1ccc(CN2CC=C(c3c[nH]c4ncccc34)CC2)cc1. The Labute approximate surface area is 149 Å².